The van der Waals surface area contributed by atoms with Gasteiger partial charge >= 0.3 is 6.03 Å². The van der Waals surface area contributed by atoms with Crippen LogP contribution in [0, 0.1) is 0 Å². The smallest absolute Gasteiger partial charge is 0.322 e. The topological polar surface area (TPSA) is 115 Å². The molecule has 1 fully saturated rings. The Morgan fingerprint density at radius 2 is 1.88 bits per heavy atom. The largest absolute Gasteiger partial charge is 0.361 e. The molecular formula is C25H29N5O3. The highest BCUT2D eigenvalue weighted by atomic mass is 16.2. The molecule has 5 N–H and O–H groups in total. The van der Waals surface area contributed by atoms with E-state index in [1.807, 2.05) is 49.6 Å². The van der Waals surface area contributed by atoms with Gasteiger partial charge in [0.15, 0.2) is 0 Å². The zero-order chi connectivity index (χ0) is 23.4. The number of carbonyl (C=O) groups excluding carboxylic acids is 3. The zero-order valence-corrected chi connectivity index (χ0v) is 18.8. The number of likely N-dealkylation sites (N-methyl/N-ethyl adjacent to an activating group) is 1. The fraction of sp³-hybridized carbons (Fsp3) is 0.320. The zero-order valence-electron chi connectivity index (χ0n) is 18.8. The van der Waals surface area contributed by atoms with E-state index in [-0.39, 0.29) is 17.7 Å². The molecule has 1 aromatic heterocycles. The van der Waals surface area contributed by atoms with Crippen molar-refractivity contribution in [2.45, 2.75) is 38.1 Å². The molecule has 1 aliphatic heterocycles. The van der Waals surface area contributed by atoms with E-state index >= 15 is 0 Å². The van der Waals surface area contributed by atoms with E-state index < -0.39 is 12.1 Å². The SMILES string of the molecule is CNCCc1c[nH]c2ccc(C(CCc3ccc(NC(C)=O)cc3)C3NC(=O)NC3=O)cc12. The normalized spacial score (nSPS) is 16.5. The Balaban J connectivity index is 1.59. The number of aromatic amines is 1. The van der Waals surface area contributed by atoms with Gasteiger partial charge in [-0.25, -0.2) is 4.79 Å². The Morgan fingerprint density at radius 1 is 1.09 bits per heavy atom. The second kappa shape index (κ2) is 9.87. The average Bonchev–Trinajstić information content (AvgIpc) is 3.35. The van der Waals surface area contributed by atoms with E-state index in [0.29, 0.717) is 6.42 Å². The van der Waals surface area contributed by atoms with Gasteiger partial charge in [0.05, 0.1) is 0 Å². The molecule has 0 saturated carbocycles. The van der Waals surface area contributed by atoms with Crippen LogP contribution in [0.4, 0.5) is 10.5 Å². The molecule has 0 bridgehead atoms. The summed E-state index contributed by atoms with van der Waals surface area (Å²) >= 11 is 0. The number of imide groups is 1. The number of benzene rings is 2. The van der Waals surface area contributed by atoms with Crippen molar-refractivity contribution in [1.82, 2.24) is 20.9 Å². The van der Waals surface area contributed by atoms with E-state index in [4.69, 9.17) is 0 Å². The lowest BCUT2D eigenvalue weighted by Crippen LogP contribution is -2.35. The number of H-pyrrole nitrogens is 1. The Bertz CT molecular complexity index is 1170. The molecule has 172 valence electrons. The molecule has 8 heteroatoms. The molecule has 4 rings (SSSR count). The summed E-state index contributed by atoms with van der Waals surface area (Å²) in [6.45, 7) is 2.35. The van der Waals surface area contributed by atoms with E-state index in [9.17, 15) is 14.4 Å². The van der Waals surface area contributed by atoms with Crippen molar-refractivity contribution < 1.29 is 14.4 Å². The van der Waals surface area contributed by atoms with Gasteiger partial charge in [0.1, 0.15) is 6.04 Å². The third-order valence-corrected chi connectivity index (χ3v) is 6.09. The van der Waals surface area contributed by atoms with Crippen LogP contribution in [0.15, 0.2) is 48.7 Å². The van der Waals surface area contributed by atoms with Crippen LogP contribution in [0.5, 0.6) is 0 Å². The first kappa shape index (κ1) is 22.5. The minimum Gasteiger partial charge on any atom is -0.361 e. The van der Waals surface area contributed by atoms with Crippen molar-refractivity contribution in [2.24, 2.45) is 0 Å². The van der Waals surface area contributed by atoms with Crippen LogP contribution < -0.4 is 21.3 Å². The van der Waals surface area contributed by atoms with Crippen LogP contribution in [-0.4, -0.2) is 42.5 Å². The van der Waals surface area contributed by atoms with Crippen LogP contribution >= 0.6 is 0 Å². The predicted octanol–water partition coefficient (Wildman–Crippen LogP) is 2.81. The third-order valence-electron chi connectivity index (χ3n) is 6.09. The van der Waals surface area contributed by atoms with Gasteiger partial charge in [-0.15, -0.1) is 0 Å². The van der Waals surface area contributed by atoms with E-state index in [1.165, 1.54) is 12.5 Å². The van der Waals surface area contributed by atoms with Gasteiger partial charge in [-0.05, 0) is 73.8 Å². The quantitative estimate of drug-likeness (QED) is 0.325. The summed E-state index contributed by atoms with van der Waals surface area (Å²) in [6.07, 6.45) is 4.33. The monoisotopic (exact) mass is 447 g/mol. The molecule has 2 unspecified atom stereocenters. The molecule has 0 aliphatic carbocycles. The second-order valence-corrected chi connectivity index (χ2v) is 8.44. The van der Waals surface area contributed by atoms with Crippen LogP contribution in [0.2, 0.25) is 0 Å². The molecule has 3 aromatic rings. The highest BCUT2D eigenvalue weighted by Crippen LogP contribution is 2.31. The number of anilines is 1. The number of amides is 4. The van der Waals surface area contributed by atoms with Crippen molar-refractivity contribution in [3.05, 3.63) is 65.4 Å². The number of hydrogen-bond acceptors (Lipinski definition) is 4. The lowest BCUT2D eigenvalue weighted by atomic mass is 9.85. The standard InChI is InChI=1S/C25H29N5O3/c1-15(31)28-19-7-3-16(4-8-19)5-9-20(23-24(32)30-25(33)29-23)17-6-10-22-21(13-17)18(14-27-22)11-12-26-2/h3-4,6-8,10,13-14,20,23,26-27H,5,9,11-12H2,1-2H3,(H,28,31)(H2,29,30,32,33). The number of aryl methyl sites for hydroxylation is 1. The second-order valence-electron chi connectivity index (χ2n) is 8.44. The summed E-state index contributed by atoms with van der Waals surface area (Å²) < 4.78 is 0. The summed E-state index contributed by atoms with van der Waals surface area (Å²) in [6, 6.07) is 12.8. The van der Waals surface area contributed by atoms with E-state index in [0.717, 1.165) is 47.1 Å². The summed E-state index contributed by atoms with van der Waals surface area (Å²) in [5.41, 5.74) is 5.13. The Morgan fingerprint density at radius 3 is 2.55 bits per heavy atom. The van der Waals surface area contributed by atoms with Gasteiger partial charge in [0.25, 0.3) is 5.91 Å². The molecule has 2 heterocycles. The van der Waals surface area contributed by atoms with Crippen molar-refractivity contribution >= 4 is 34.4 Å². The molecule has 4 amide bonds. The fourth-order valence-electron chi connectivity index (χ4n) is 4.41. The first-order valence-corrected chi connectivity index (χ1v) is 11.2. The average molecular weight is 448 g/mol. The van der Waals surface area contributed by atoms with Gasteiger partial charge in [-0.1, -0.05) is 18.2 Å². The number of hydrogen-bond donors (Lipinski definition) is 5. The van der Waals surface area contributed by atoms with Gasteiger partial charge in [-0.2, -0.15) is 0 Å². The van der Waals surface area contributed by atoms with E-state index in [2.05, 4.69) is 32.3 Å². The summed E-state index contributed by atoms with van der Waals surface area (Å²) in [4.78, 5) is 38.9. The van der Waals surface area contributed by atoms with Crippen molar-refractivity contribution in [1.29, 1.82) is 0 Å². The molecule has 0 radical (unpaired) electrons. The molecule has 2 aromatic carbocycles. The first-order chi connectivity index (χ1) is 15.9. The van der Waals surface area contributed by atoms with Crippen molar-refractivity contribution in [2.75, 3.05) is 18.9 Å². The maximum absolute atomic E-state index is 12.5. The summed E-state index contributed by atoms with van der Waals surface area (Å²) in [5.74, 6) is -0.585. The number of urea groups is 1. The Kier molecular flexibility index (Phi) is 6.74. The minimum atomic E-state index is -0.617. The fourth-order valence-corrected chi connectivity index (χ4v) is 4.41. The maximum atomic E-state index is 12.5. The number of nitrogens with one attached hydrogen (secondary N) is 5. The minimum absolute atomic E-state index is 0.111. The van der Waals surface area contributed by atoms with E-state index in [1.54, 1.807) is 0 Å². The summed E-state index contributed by atoms with van der Waals surface area (Å²) in [7, 11) is 1.93. The van der Waals surface area contributed by atoms with Crippen molar-refractivity contribution in [3.8, 4) is 0 Å². The van der Waals surface area contributed by atoms with Crippen LogP contribution in [0.25, 0.3) is 10.9 Å². The number of rotatable bonds is 9. The lowest BCUT2D eigenvalue weighted by molar-refractivity contribution is -0.120. The molecule has 1 saturated heterocycles. The van der Waals surface area contributed by atoms with Crippen molar-refractivity contribution in [3.63, 3.8) is 0 Å². The maximum Gasteiger partial charge on any atom is 0.322 e. The van der Waals surface area contributed by atoms with Gasteiger partial charge < -0.3 is 20.9 Å². The van der Waals surface area contributed by atoms with Gasteiger partial charge in [0.2, 0.25) is 5.91 Å². The molecule has 2 atom stereocenters. The highest BCUT2D eigenvalue weighted by molar-refractivity contribution is 6.04. The lowest BCUT2D eigenvalue weighted by Gasteiger charge is -2.22. The third kappa shape index (κ3) is 5.23. The van der Waals surface area contributed by atoms with Gasteiger partial charge in [0, 0.05) is 35.6 Å². The molecular weight excluding hydrogens is 418 g/mol. The van der Waals surface area contributed by atoms with Crippen LogP contribution in [-0.2, 0) is 22.4 Å². The molecule has 1 aliphatic rings. The van der Waals surface area contributed by atoms with Crippen LogP contribution in [0.1, 0.15) is 36.0 Å². The number of carbonyl (C=O) groups is 3. The van der Waals surface area contributed by atoms with Crippen LogP contribution in [0.3, 0.4) is 0 Å². The number of aromatic nitrogens is 1. The molecule has 8 nitrogen and oxygen atoms in total. The number of fused-ring (bicyclic) bond motifs is 1. The Hall–Kier alpha value is -3.65. The Labute approximate surface area is 192 Å². The highest BCUT2D eigenvalue weighted by Gasteiger charge is 2.36. The first-order valence-electron chi connectivity index (χ1n) is 11.2. The van der Waals surface area contributed by atoms with Gasteiger partial charge in [-0.3, -0.25) is 14.9 Å². The molecule has 0 spiro atoms. The summed E-state index contributed by atoms with van der Waals surface area (Å²) in [5, 5.41) is 12.2. The molecule has 33 heavy (non-hydrogen) atoms. The predicted molar refractivity (Wildman–Crippen MR) is 128 cm³/mol.